The number of hydrogen-bond acceptors (Lipinski definition) is 6. The maximum atomic E-state index is 15.0. The van der Waals surface area contributed by atoms with Gasteiger partial charge in [0.2, 0.25) is 5.91 Å². The first-order valence-electron chi connectivity index (χ1n) is 13.6. The van der Waals surface area contributed by atoms with Gasteiger partial charge < -0.3 is 24.5 Å². The van der Waals surface area contributed by atoms with Crippen LogP contribution < -0.4 is 10.9 Å². The number of hydrogen-bond donors (Lipinski definition) is 2. The topological polar surface area (TPSA) is 111 Å². The second kappa shape index (κ2) is 9.34. The molecule has 0 radical (unpaired) electrons. The van der Waals surface area contributed by atoms with E-state index in [1.54, 1.807) is 11.5 Å². The molecule has 1 aromatic carbocycles. The number of aromatic nitrogens is 2. The normalized spacial score (nSPS) is 18.9. The van der Waals surface area contributed by atoms with Crippen molar-refractivity contribution in [1.29, 1.82) is 0 Å². The Morgan fingerprint density at radius 3 is 2.77 bits per heavy atom. The number of carbonyl (C=O) groups excluding carboxylic acids is 2. The van der Waals surface area contributed by atoms with E-state index in [4.69, 9.17) is 9.72 Å². The largest absolute Gasteiger partial charge is 0.395 e. The van der Waals surface area contributed by atoms with Gasteiger partial charge in [-0.15, -0.1) is 0 Å². The van der Waals surface area contributed by atoms with Gasteiger partial charge >= 0.3 is 0 Å². The highest BCUT2D eigenvalue weighted by atomic mass is 19.1. The number of carbonyl (C=O) groups is 2. The van der Waals surface area contributed by atoms with Crippen molar-refractivity contribution in [2.24, 2.45) is 5.41 Å². The number of methoxy groups -OCH3 is 1. The number of nitrogens with one attached hydrogen (secondary N) is 1. The molecule has 1 amide bonds. The number of ether oxygens (including phenoxy) is 1. The minimum Gasteiger partial charge on any atom is -0.395 e. The van der Waals surface area contributed by atoms with Gasteiger partial charge in [0.05, 0.1) is 48.1 Å². The predicted octanol–water partition coefficient (Wildman–Crippen LogP) is 3.59. The fraction of sp³-hybridized carbons (Fsp3) is 0.467. The highest BCUT2D eigenvalue weighted by Gasteiger charge is 2.50. The van der Waals surface area contributed by atoms with Crippen molar-refractivity contribution in [2.75, 3.05) is 13.7 Å². The lowest BCUT2D eigenvalue weighted by Gasteiger charge is -2.30. The summed E-state index contributed by atoms with van der Waals surface area (Å²) in [7, 11) is 1.51. The lowest BCUT2D eigenvalue weighted by molar-refractivity contribution is -0.128. The summed E-state index contributed by atoms with van der Waals surface area (Å²) in [6.07, 6.45) is 3.83. The molecule has 2 unspecified atom stereocenters. The van der Waals surface area contributed by atoms with Gasteiger partial charge in [-0.05, 0) is 67.3 Å². The molecule has 1 saturated carbocycles. The molecule has 0 saturated heterocycles. The van der Waals surface area contributed by atoms with E-state index in [-0.39, 0.29) is 43.1 Å². The molecule has 2 N–H and O–H groups in total. The second-order valence-corrected chi connectivity index (χ2v) is 11.2. The van der Waals surface area contributed by atoms with Crippen LogP contribution in [0.4, 0.5) is 4.39 Å². The number of aliphatic hydroxyl groups excluding tert-OH is 1. The van der Waals surface area contributed by atoms with E-state index in [0.29, 0.717) is 65.7 Å². The number of nitrogens with zero attached hydrogens (tertiary/aromatic N) is 2. The van der Waals surface area contributed by atoms with Crippen LogP contribution in [-0.2, 0) is 33.9 Å². The van der Waals surface area contributed by atoms with E-state index in [1.807, 2.05) is 13.0 Å². The molecule has 9 heteroatoms. The molecule has 2 aromatic heterocycles. The summed E-state index contributed by atoms with van der Waals surface area (Å²) in [6.45, 7) is 3.79. The van der Waals surface area contributed by atoms with E-state index in [1.165, 1.54) is 13.2 Å². The lowest BCUT2D eigenvalue weighted by Crippen LogP contribution is -2.38. The summed E-state index contributed by atoms with van der Waals surface area (Å²) in [6, 6.07) is 2.92. The number of aryl methyl sites for hydroxylation is 1. The maximum absolute atomic E-state index is 15.0. The minimum absolute atomic E-state index is 0.0773. The van der Waals surface area contributed by atoms with Crippen LogP contribution in [0.3, 0.4) is 0 Å². The van der Waals surface area contributed by atoms with Gasteiger partial charge in [0.1, 0.15) is 12.1 Å². The molecule has 0 bridgehead atoms. The minimum atomic E-state index is -0.734. The Hall–Kier alpha value is -3.43. The van der Waals surface area contributed by atoms with E-state index in [2.05, 4.69) is 5.32 Å². The molecule has 204 valence electrons. The number of rotatable bonds is 8. The number of aliphatic hydroxyl groups is 1. The van der Waals surface area contributed by atoms with E-state index < -0.39 is 11.3 Å². The highest BCUT2D eigenvalue weighted by molar-refractivity contribution is 5.94. The van der Waals surface area contributed by atoms with E-state index in [9.17, 15) is 19.5 Å². The van der Waals surface area contributed by atoms with Crippen LogP contribution in [0.15, 0.2) is 16.9 Å². The van der Waals surface area contributed by atoms with Crippen molar-refractivity contribution in [1.82, 2.24) is 14.9 Å². The van der Waals surface area contributed by atoms with Gasteiger partial charge in [-0.25, -0.2) is 9.37 Å². The van der Waals surface area contributed by atoms with Crippen LogP contribution in [0.2, 0.25) is 0 Å². The van der Waals surface area contributed by atoms with Gasteiger partial charge in [-0.3, -0.25) is 9.59 Å². The van der Waals surface area contributed by atoms with Crippen molar-refractivity contribution >= 4 is 23.1 Å². The molecule has 3 heterocycles. The molecule has 8 nitrogen and oxygen atoms in total. The number of fused-ring (bicyclic) bond motifs is 4. The molecule has 6 rings (SSSR count). The SMILES string of the molecule is CCC(C=O)c1cc2n(c(=O)c1COC)Cc1c-2nc2cc(F)c(C)c3c2c1C(NC(=O)C1(CO)CC1)CC3. The standard InChI is InChI=1S/C30H32FN3O5/c1-4-16(12-35)18-9-24-27-19(11-34(24)28(37)20(18)13-39-3)26-22(33-29(38)30(14-36)7-8-30)6-5-17-15(2)21(31)10-23(32-27)25(17)26/h9-10,12,16,22,36H,4-8,11,13-14H2,1-3H3,(H,33,38). The van der Waals surface area contributed by atoms with Crippen LogP contribution in [0, 0.1) is 18.2 Å². The van der Waals surface area contributed by atoms with Crippen molar-refractivity contribution in [2.45, 2.75) is 71.1 Å². The van der Waals surface area contributed by atoms with Gasteiger partial charge in [-0.1, -0.05) is 6.92 Å². The van der Waals surface area contributed by atoms with Crippen molar-refractivity contribution < 1.29 is 23.8 Å². The third kappa shape index (κ3) is 3.77. The van der Waals surface area contributed by atoms with Crippen molar-refractivity contribution in [3.63, 3.8) is 0 Å². The van der Waals surface area contributed by atoms with Gasteiger partial charge in [0, 0.05) is 35.6 Å². The first kappa shape index (κ1) is 25.8. The Morgan fingerprint density at radius 2 is 2.13 bits per heavy atom. The van der Waals surface area contributed by atoms with Crippen LogP contribution in [0.25, 0.3) is 22.3 Å². The average Bonchev–Trinajstić information content (AvgIpc) is 3.66. The molecule has 3 aliphatic rings. The summed E-state index contributed by atoms with van der Waals surface area (Å²) in [5.41, 5.74) is 4.85. The van der Waals surface area contributed by atoms with Crippen LogP contribution in [0.5, 0.6) is 0 Å². The Balaban J connectivity index is 1.59. The third-order valence-electron chi connectivity index (χ3n) is 9.01. The van der Waals surface area contributed by atoms with Crippen LogP contribution >= 0.6 is 0 Å². The summed E-state index contributed by atoms with van der Waals surface area (Å²) in [5, 5.41) is 13.8. The van der Waals surface area contributed by atoms with Crippen molar-refractivity contribution in [3.8, 4) is 11.4 Å². The monoisotopic (exact) mass is 533 g/mol. The first-order valence-corrected chi connectivity index (χ1v) is 13.6. The summed E-state index contributed by atoms with van der Waals surface area (Å²) in [4.78, 5) is 43.8. The lowest BCUT2D eigenvalue weighted by atomic mass is 9.81. The fourth-order valence-corrected chi connectivity index (χ4v) is 6.44. The summed E-state index contributed by atoms with van der Waals surface area (Å²) < 4.78 is 22.0. The average molecular weight is 534 g/mol. The van der Waals surface area contributed by atoms with Gasteiger partial charge in [-0.2, -0.15) is 0 Å². The highest BCUT2D eigenvalue weighted by Crippen LogP contribution is 2.48. The summed E-state index contributed by atoms with van der Waals surface area (Å²) >= 11 is 0. The van der Waals surface area contributed by atoms with Crippen LogP contribution in [0.1, 0.15) is 77.9 Å². The molecule has 39 heavy (non-hydrogen) atoms. The molecule has 1 aliphatic heterocycles. The molecule has 1 fully saturated rings. The Morgan fingerprint density at radius 1 is 1.36 bits per heavy atom. The molecule has 2 atom stereocenters. The smallest absolute Gasteiger partial charge is 0.257 e. The zero-order valence-corrected chi connectivity index (χ0v) is 22.4. The van der Waals surface area contributed by atoms with Gasteiger partial charge in [0.25, 0.3) is 5.56 Å². The molecular formula is C30H32FN3O5. The Labute approximate surface area is 225 Å². The molecular weight excluding hydrogens is 501 g/mol. The quantitative estimate of drug-likeness (QED) is 0.335. The summed E-state index contributed by atoms with van der Waals surface area (Å²) in [5.74, 6) is -0.984. The maximum Gasteiger partial charge on any atom is 0.257 e. The van der Waals surface area contributed by atoms with E-state index >= 15 is 4.39 Å². The molecule has 0 spiro atoms. The zero-order valence-electron chi connectivity index (χ0n) is 22.4. The fourth-order valence-electron chi connectivity index (χ4n) is 6.44. The molecule has 3 aromatic rings. The number of benzene rings is 1. The van der Waals surface area contributed by atoms with Crippen LogP contribution in [-0.4, -0.2) is 40.6 Å². The predicted molar refractivity (Wildman–Crippen MR) is 143 cm³/mol. The Kier molecular flexibility index (Phi) is 6.19. The van der Waals surface area contributed by atoms with Crippen molar-refractivity contribution in [3.05, 3.63) is 61.7 Å². The number of amides is 1. The first-order chi connectivity index (χ1) is 18.8. The van der Waals surface area contributed by atoms with Gasteiger partial charge in [0.15, 0.2) is 0 Å². The number of halogens is 1. The Bertz CT molecular complexity index is 1610. The number of aldehydes is 1. The zero-order chi connectivity index (χ0) is 27.6. The second-order valence-electron chi connectivity index (χ2n) is 11.2. The number of pyridine rings is 2. The molecule has 2 aliphatic carbocycles. The van der Waals surface area contributed by atoms with E-state index in [0.717, 1.165) is 28.4 Å². The third-order valence-corrected chi connectivity index (χ3v) is 9.01.